The van der Waals surface area contributed by atoms with Crippen molar-refractivity contribution in [1.29, 1.82) is 0 Å². The molecule has 0 bridgehead atoms. The minimum atomic E-state index is -3.59. The van der Waals surface area contributed by atoms with Crippen molar-refractivity contribution in [3.05, 3.63) is 63.6 Å². The van der Waals surface area contributed by atoms with Crippen molar-refractivity contribution in [3.63, 3.8) is 0 Å². The second kappa shape index (κ2) is 6.66. The lowest BCUT2D eigenvalue weighted by molar-refractivity contribution is 0.600. The Morgan fingerprint density at radius 1 is 1.05 bits per heavy atom. The highest BCUT2D eigenvalue weighted by molar-refractivity contribution is 7.91. The van der Waals surface area contributed by atoms with E-state index in [9.17, 15) is 8.42 Å². The van der Waals surface area contributed by atoms with Crippen molar-refractivity contribution in [2.24, 2.45) is 5.73 Å². The van der Waals surface area contributed by atoms with E-state index in [0.717, 1.165) is 5.56 Å². The molecule has 2 aromatic rings. The zero-order valence-corrected chi connectivity index (χ0v) is 13.3. The first-order valence-corrected chi connectivity index (χ1v) is 8.54. The Labute approximate surface area is 133 Å². The van der Waals surface area contributed by atoms with Crippen molar-refractivity contribution < 1.29 is 8.42 Å². The van der Waals surface area contributed by atoms with Gasteiger partial charge in [0, 0.05) is 11.6 Å². The van der Waals surface area contributed by atoms with Crippen LogP contribution in [0, 0.1) is 0 Å². The third kappa shape index (κ3) is 4.61. The number of hydrogen-bond acceptors (Lipinski definition) is 3. The molecule has 0 spiro atoms. The number of anilines is 1. The number of benzene rings is 2. The number of nitrogens with one attached hydrogen (secondary N) is 1. The fourth-order valence-corrected chi connectivity index (χ4v) is 3.43. The molecule has 0 saturated carbocycles. The lowest BCUT2D eigenvalue weighted by Crippen LogP contribution is -2.15. The molecule has 0 aliphatic rings. The molecule has 0 amide bonds. The maximum absolute atomic E-state index is 12.2. The zero-order valence-electron chi connectivity index (χ0n) is 11.0. The summed E-state index contributed by atoms with van der Waals surface area (Å²) >= 11 is 11.8. The second-order valence-corrected chi connectivity index (χ2v) is 7.08. The number of sulfonamides is 1. The van der Waals surface area contributed by atoms with Crippen LogP contribution in [0.15, 0.2) is 42.5 Å². The Bertz CT molecular complexity index is 748. The molecule has 7 heteroatoms. The molecule has 0 saturated heterocycles. The lowest BCUT2D eigenvalue weighted by atomic mass is 10.1. The van der Waals surface area contributed by atoms with Crippen molar-refractivity contribution in [3.8, 4) is 0 Å². The highest BCUT2D eigenvalue weighted by Gasteiger charge is 2.14. The summed E-state index contributed by atoms with van der Waals surface area (Å²) in [4.78, 5) is 0. The monoisotopic (exact) mass is 344 g/mol. The van der Waals surface area contributed by atoms with Gasteiger partial charge in [-0.05, 0) is 29.3 Å². The molecule has 112 valence electrons. The van der Waals surface area contributed by atoms with Gasteiger partial charge in [-0.2, -0.15) is 0 Å². The van der Waals surface area contributed by atoms with Gasteiger partial charge in [-0.3, -0.25) is 4.72 Å². The fraction of sp³-hybridized carbons (Fsp3) is 0.143. The summed E-state index contributed by atoms with van der Waals surface area (Å²) in [6.07, 6.45) is 0. The molecule has 3 N–H and O–H groups in total. The van der Waals surface area contributed by atoms with E-state index >= 15 is 0 Å². The Kier molecular flexibility index (Phi) is 5.11. The topological polar surface area (TPSA) is 72.2 Å². The van der Waals surface area contributed by atoms with Gasteiger partial charge >= 0.3 is 0 Å². The molecule has 4 nitrogen and oxygen atoms in total. The molecular weight excluding hydrogens is 331 g/mol. The van der Waals surface area contributed by atoms with Crippen LogP contribution in [-0.2, 0) is 22.3 Å². The minimum absolute atomic E-state index is 0.163. The maximum atomic E-state index is 12.2. The van der Waals surface area contributed by atoms with Crippen LogP contribution in [0.1, 0.15) is 11.1 Å². The minimum Gasteiger partial charge on any atom is -0.326 e. The average Bonchev–Trinajstić information content (AvgIpc) is 2.42. The second-order valence-electron chi connectivity index (χ2n) is 4.51. The summed E-state index contributed by atoms with van der Waals surface area (Å²) < 4.78 is 26.8. The molecule has 2 aromatic carbocycles. The number of halogens is 2. The molecule has 0 heterocycles. The standard InChI is InChI=1S/C14H14Cl2N2O2S/c15-12-4-5-13(16)14(7-12)18-21(19,20)9-11-3-1-2-10(6-11)8-17/h1-7,18H,8-9,17H2. The Morgan fingerprint density at radius 2 is 1.76 bits per heavy atom. The highest BCUT2D eigenvalue weighted by atomic mass is 35.5. The number of rotatable bonds is 5. The first kappa shape index (κ1) is 16.1. The van der Waals surface area contributed by atoms with Crippen LogP contribution in [0.5, 0.6) is 0 Å². The van der Waals surface area contributed by atoms with Crippen molar-refractivity contribution in [2.75, 3.05) is 4.72 Å². The normalized spacial score (nSPS) is 11.4. The predicted octanol–water partition coefficient (Wildman–Crippen LogP) is 3.39. The van der Waals surface area contributed by atoms with E-state index in [1.807, 2.05) is 6.07 Å². The third-order valence-electron chi connectivity index (χ3n) is 2.78. The van der Waals surface area contributed by atoms with Gasteiger partial charge in [0.05, 0.1) is 16.5 Å². The molecule has 0 fully saturated rings. The van der Waals surface area contributed by atoms with Gasteiger partial charge in [0.25, 0.3) is 0 Å². The molecular formula is C14H14Cl2N2O2S. The molecule has 0 unspecified atom stereocenters. The van der Waals surface area contributed by atoms with Crippen LogP contribution in [0.4, 0.5) is 5.69 Å². The number of hydrogen-bond donors (Lipinski definition) is 2. The van der Waals surface area contributed by atoms with Crippen LogP contribution in [0.2, 0.25) is 10.0 Å². The van der Waals surface area contributed by atoms with Crippen LogP contribution in [-0.4, -0.2) is 8.42 Å². The number of nitrogens with two attached hydrogens (primary N) is 1. The van der Waals surface area contributed by atoms with Crippen LogP contribution >= 0.6 is 23.2 Å². The first-order valence-electron chi connectivity index (χ1n) is 6.13. The van der Waals surface area contributed by atoms with E-state index in [-0.39, 0.29) is 11.4 Å². The van der Waals surface area contributed by atoms with Crippen LogP contribution in [0.25, 0.3) is 0 Å². The van der Waals surface area contributed by atoms with Gasteiger partial charge < -0.3 is 5.73 Å². The fourth-order valence-electron chi connectivity index (χ4n) is 1.85. The van der Waals surface area contributed by atoms with E-state index in [2.05, 4.69) is 4.72 Å². The van der Waals surface area contributed by atoms with Crippen molar-refractivity contribution in [2.45, 2.75) is 12.3 Å². The molecule has 21 heavy (non-hydrogen) atoms. The molecule has 0 aliphatic carbocycles. The van der Waals surface area contributed by atoms with Crippen LogP contribution < -0.4 is 10.5 Å². The Hall–Kier alpha value is -1.27. The van der Waals surface area contributed by atoms with E-state index < -0.39 is 10.0 Å². The Balaban J connectivity index is 2.20. The van der Waals surface area contributed by atoms with Gasteiger partial charge in [0.2, 0.25) is 10.0 Å². The van der Waals surface area contributed by atoms with Crippen molar-refractivity contribution in [1.82, 2.24) is 0 Å². The highest BCUT2D eigenvalue weighted by Crippen LogP contribution is 2.26. The average molecular weight is 345 g/mol. The maximum Gasteiger partial charge on any atom is 0.236 e. The molecule has 2 rings (SSSR count). The Morgan fingerprint density at radius 3 is 2.48 bits per heavy atom. The van der Waals surface area contributed by atoms with Crippen LogP contribution in [0.3, 0.4) is 0 Å². The lowest BCUT2D eigenvalue weighted by Gasteiger charge is -2.10. The van der Waals surface area contributed by atoms with Crippen molar-refractivity contribution >= 4 is 38.9 Å². The quantitative estimate of drug-likeness (QED) is 0.872. The largest absolute Gasteiger partial charge is 0.326 e. The zero-order chi connectivity index (χ0) is 15.5. The van der Waals surface area contributed by atoms with E-state index in [1.165, 1.54) is 12.1 Å². The van der Waals surface area contributed by atoms with E-state index in [4.69, 9.17) is 28.9 Å². The molecule has 0 aliphatic heterocycles. The summed E-state index contributed by atoms with van der Waals surface area (Å²) in [5.74, 6) is -0.163. The molecule has 0 aromatic heterocycles. The SMILES string of the molecule is NCc1cccc(CS(=O)(=O)Nc2cc(Cl)ccc2Cl)c1. The smallest absolute Gasteiger partial charge is 0.236 e. The van der Waals surface area contributed by atoms with E-state index in [0.29, 0.717) is 22.2 Å². The molecule has 0 radical (unpaired) electrons. The van der Waals surface area contributed by atoms with E-state index in [1.54, 1.807) is 24.3 Å². The summed E-state index contributed by atoms with van der Waals surface area (Å²) in [6.45, 7) is 0.363. The molecule has 0 atom stereocenters. The van der Waals surface area contributed by atoms with Gasteiger partial charge in [-0.15, -0.1) is 0 Å². The van der Waals surface area contributed by atoms with Gasteiger partial charge in [0.1, 0.15) is 0 Å². The first-order chi connectivity index (χ1) is 9.89. The van der Waals surface area contributed by atoms with Gasteiger partial charge in [-0.25, -0.2) is 8.42 Å². The van der Waals surface area contributed by atoms with Gasteiger partial charge in [-0.1, -0.05) is 47.5 Å². The summed E-state index contributed by atoms with van der Waals surface area (Å²) in [5.41, 5.74) is 7.34. The summed E-state index contributed by atoms with van der Waals surface area (Å²) in [7, 11) is -3.59. The van der Waals surface area contributed by atoms with Gasteiger partial charge in [0.15, 0.2) is 0 Å². The summed E-state index contributed by atoms with van der Waals surface area (Å²) in [5, 5.41) is 0.695. The third-order valence-corrected chi connectivity index (χ3v) is 4.59. The summed E-state index contributed by atoms with van der Waals surface area (Å²) in [6, 6.07) is 11.7. The predicted molar refractivity (Wildman–Crippen MR) is 87.0 cm³/mol.